The van der Waals surface area contributed by atoms with Crippen molar-refractivity contribution in [2.75, 3.05) is 19.7 Å². The van der Waals surface area contributed by atoms with Crippen LogP contribution in [0.25, 0.3) is 0 Å². The Morgan fingerprint density at radius 1 is 1.30 bits per heavy atom. The molecular weight excluding hydrogens is 451 g/mol. The lowest BCUT2D eigenvalue weighted by Crippen LogP contribution is -2.39. The standard InChI is InChI=1S/C21H32N4O.HI/c1-3-23-21(25-16-18-9-7-8-17(14-18)15-22)24-13-12-20(26-4-2)19-10-5-6-11-19;/h7-9,14,19-20H,3-6,10-13,16H2,1-2H3,(H2,23,24,25);1H. The van der Waals surface area contributed by atoms with Crippen molar-refractivity contribution in [2.24, 2.45) is 10.9 Å². The average molecular weight is 484 g/mol. The van der Waals surface area contributed by atoms with Crippen LogP contribution in [0.2, 0.25) is 0 Å². The summed E-state index contributed by atoms with van der Waals surface area (Å²) in [4.78, 5) is 4.64. The number of hydrogen-bond acceptors (Lipinski definition) is 3. The molecule has 0 radical (unpaired) electrons. The van der Waals surface area contributed by atoms with Gasteiger partial charge in [-0.25, -0.2) is 4.99 Å². The first-order valence-corrected chi connectivity index (χ1v) is 9.89. The van der Waals surface area contributed by atoms with Crippen molar-refractivity contribution in [1.29, 1.82) is 5.26 Å². The van der Waals surface area contributed by atoms with E-state index >= 15 is 0 Å². The summed E-state index contributed by atoms with van der Waals surface area (Å²) in [6, 6.07) is 9.77. The zero-order valence-corrected chi connectivity index (χ0v) is 18.9. The third-order valence-electron chi connectivity index (χ3n) is 4.85. The number of guanidine groups is 1. The van der Waals surface area contributed by atoms with E-state index in [1.165, 1.54) is 25.7 Å². The molecule has 1 fully saturated rings. The van der Waals surface area contributed by atoms with Gasteiger partial charge in [0.1, 0.15) is 0 Å². The molecule has 150 valence electrons. The van der Waals surface area contributed by atoms with Crippen molar-refractivity contribution < 1.29 is 4.74 Å². The largest absolute Gasteiger partial charge is 0.378 e. The Hall–Kier alpha value is -1.33. The van der Waals surface area contributed by atoms with Gasteiger partial charge in [-0.15, -0.1) is 24.0 Å². The minimum absolute atomic E-state index is 0. The van der Waals surface area contributed by atoms with Crippen LogP contribution >= 0.6 is 24.0 Å². The summed E-state index contributed by atoms with van der Waals surface area (Å²) in [5, 5.41) is 15.7. The van der Waals surface area contributed by atoms with Crippen LogP contribution < -0.4 is 10.6 Å². The van der Waals surface area contributed by atoms with Crippen molar-refractivity contribution in [3.8, 4) is 6.07 Å². The lowest BCUT2D eigenvalue weighted by Gasteiger charge is -2.24. The van der Waals surface area contributed by atoms with Crippen LogP contribution in [-0.4, -0.2) is 31.8 Å². The molecule has 1 aliphatic carbocycles. The summed E-state index contributed by atoms with van der Waals surface area (Å²) in [5.74, 6) is 1.53. The van der Waals surface area contributed by atoms with E-state index in [1.54, 1.807) is 0 Å². The Kier molecular flexibility index (Phi) is 12.1. The Balaban J connectivity index is 0.00000364. The van der Waals surface area contributed by atoms with Crippen LogP contribution in [0.1, 0.15) is 57.1 Å². The molecule has 0 amide bonds. The predicted molar refractivity (Wildman–Crippen MR) is 121 cm³/mol. The quantitative estimate of drug-likeness (QED) is 0.313. The minimum Gasteiger partial charge on any atom is -0.378 e. The molecule has 0 spiro atoms. The third kappa shape index (κ3) is 8.48. The summed E-state index contributed by atoms with van der Waals surface area (Å²) in [6.45, 7) is 7.16. The van der Waals surface area contributed by atoms with Gasteiger partial charge < -0.3 is 15.4 Å². The van der Waals surface area contributed by atoms with E-state index in [1.807, 2.05) is 24.3 Å². The fourth-order valence-electron chi connectivity index (χ4n) is 3.58. The monoisotopic (exact) mass is 484 g/mol. The van der Waals surface area contributed by atoms with Crippen LogP contribution in [0.5, 0.6) is 0 Å². The van der Waals surface area contributed by atoms with E-state index < -0.39 is 0 Å². The molecule has 0 saturated heterocycles. The van der Waals surface area contributed by atoms with E-state index in [2.05, 4.69) is 35.5 Å². The topological polar surface area (TPSA) is 69.4 Å². The maximum atomic E-state index is 9.00. The van der Waals surface area contributed by atoms with Crippen molar-refractivity contribution >= 4 is 29.9 Å². The number of aliphatic imine (C=N–C) groups is 1. The molecule has 0 aromatic heterocycles. The molecule has 0 bridgehead atoms. The Labute approximate surface area is 181 Å². The zero-order chi connectivity index (χ0) is 18.6. The average Bonchev–Trinajstić information content (AvgIpc) is 3.20. The van der Waals surface area contributed by atoms with Gasteiger partial charge in [-0.05, 0) is 56.7 Å². The Bertz CT molecular complexity index is 608. The maximum Gasteiger partial charge on any atom is 0.191 e. The van der Waals surface area contributed by atoms with Gasteiger partial charge in [-0.1, -0.05) is 25.0 Å². The van der Waals surface area contributed by atoms with E-state index in [9.17, 15) is 0 Å². The van der Waals surface area contributed by atoms with Gasteiger partial charge in [0.15, 0.2) is 5.96 Å². The van der Waals surface area contributed by atoms with Gasteiger partial charge in [0.25, 0.3) is 0 Å². The third-order valence-corrected chi connectivity index (χ3v) is 4.85. The normalized spacial score (nSPS) is 15.7. The van der Waals surface area contributed by atoms with Gasteiger partial charge in [-0.2, -0.15) is 5.26 Å². The number of ether oxygens (including phenoxy) is 1. The molecule has 1 aromatic rings. The fraction of sp³-hybridized carbons (Fsp3) is 0.619. The summed E-state index contributed by atoms with van der Waals surface area (Å²) in [7, 11) is 0. The number of nitriles is 1. The van der Waals surface area contributed by atoms with Crippen LogP contribution in [0, 0.1) is 17.2 Å². The molecule has 2 rings (SSSR count). The first kappa shape index (κ1) is 23.7. The van der Waals surface area contributed by atoms with Gasteiger partial charge in [0.05, 0.1) is 24.3 Å². The van der Waals surface area contributed by atoms with Crippen LogP contribution in [0.3, 0.4) is 0 Å². The van der Waals surface area contributed by atoms with Gasteiger partial charge in [-0.3, -0.25) is 0 Å². The highest BCUT2D eigenvalue weighted by molar-refractivity contribution is 14.0. The van der Waals surface area contributed by atoms with Gasteiger partial charge >= 0.3 is 0 Å². The number of hydrogen-bond donors (Lipinski definition) is 2. The summed E-state index contributed by atoms with van der Waals surface area (Å²) in [5.41, 5.74) is 1.71. The van der Waals surface area contributed by atoms with E-state index in [4.69, 9.17) is 10.00 Å². The SMILES string of the molecule is CCNC(=NCc1cccc(C#N)c1)NCCC(OCC)C1CCCC1.I. The summed E-state index contributed by atoms with van der Waals surface area (Å²) in [6.07, 6.45) is 6.64. The molecule has 1 saturated carbocycles. The smallest absolute Gasteiger partial charge is 0.191 e. The number of halogens is 1. The summed E-state index contributed by atoms with van der Waals surface area (Å²) < 4.78 is 5.99. The number of nitrogens with one attached hydrogen (secondary N) is 2. The highest BCUT2D eigenvalue weighted by atomic mass is 127. The molecular formula is C21H33IN4O. The lowest BCUT2D eigenvalue weighted by atomic mass is 9.98. The highest BCUT2D eigenvalue weighted by Gasteiger charge is 2.25. The first-order valence-electron chi connectivity index (χ1n) is 9.89. The highest BCUT2D eigenvalue weighted by Crippen LogP contribution is 2.30. The second kappa shape index (κ2) is 13.8. The minimum atomic E-state index is 0. The number of benzene rings is 1. The van der Waals surface area contributed by atoms with Crippen molar-refractivity contribution in [3.05, 3.63) is 35.4 Å². The van der Waals surface area contributed by atoms with Gasteiger partial charge in [0.2, 0.25) is 0 Å². The van der Waals surface area contributed by atoms with Crippen LogP contribution in [0.15, 0.2) is 29.3 Å². The van der Waals surface area contributed by atoms with Crippen molar-refractivity contribution in [3.63, 3.8) is 0 Å². The number of rotatable bonds is 9. The van der Waals surface area contributed by atoms with E-state index in [-0.39, 0.29) is 24.0 Å². The molecule has 2 N–H and O–H groups in total. The fourth-order valence-corrected chi connectivity index (χ4v) is 3.58. The second-order valence-corrected chi connectivity index (χ2v) is 6.76. The van der Waals surface area contributed by atoms with Crippen molar-refractivity contribution in [1.82, 2.24) is 10.6 Å². The molecule has 1 aliphatic rings. The van der Waals surface area contributed by atoms with Crippen molar-refractivity contribution in [2.45, 2.75) is 58.6 Å². The predicted octanol–water partition coefficient (Wildman–Crippen LogP) is 4.22. The summed E-state index contributed by atoms with van der Waals surface area (Å²) >= 11 is 0. The van der Waals surface area contributed by atoms with E-state index in [0.717, 1.165) is 37.6 Å². The molecule has 27 heavy (non-hydrogen) atoms. The molecule has 0 aliphatic heterocycles. The second-order valence-electron chi connectivity index (χ2n) is 6.76. The molecule has 0 heterocycles. The maximum absolute atomic E-state index is 9.00. The van der Waals surface area contributed by atoms with Gasteiger partial charge in [0, 0.05) is 19.7 Å². The van der Waals surface area contributed by atoms with Crippen LogP contribution in [-0.2, 0) is 11.3 Å². The van der Waals surface area contributed by atoms with E-state index in [0.29, 0.717) is 24.1 Å². The Morgan fingerprint density at radius 2 is 2.07 bits per heavy atom. The molecule has 1 atom stereocenters. The molecule has 1 aromatic carbocycles. The Morgan fingerprint density at radius 3 is 2.74 bits per heavy atom. The van der Waals surface area contributed by atoms with Crippen LogP contribution in [0.4, 0.5) is 0 Å². The molecule has 1 unspecified atom stereocenters. The molecule has 5 nitrogen and oxygen atoms in total. The zero-order valence-electron chi connectivity index (χ0n) is 16.5. The molecule has 6 heteroatoms. The lowest BCUT2D eigenvalue weighted by molar-refractivity contribution is 0.0169. The number of nitrogens with zero attached hydrogens (tertiary/aromatic N) is 2. The first-order chi connectivity index (χ1) is 12.8.